The van der Waals surface area contributed by atoms with Crippen molar-refractivity contribution in [2.45, 2.75) is 19.3 Å². The standard InChI is InChI=1S/C12H18N2O2/c1-14(8-4-10-3-2-7-13-10)11(16)12(9-15)5-6-12/h2-3,7,13,15H,4-6,8-9H2,1H3. The van der Waals surface area contributed by atoms with E-state index in [1.807, 2.05) is 18.3 Å². The lowest BCUT2D eigenvalue weighted by molar-refractivity contribution is -0.137. The second-order valence-electron chi connectivity index (χ2n) is 4.61. The molecule has 2 N–H and O–H groups in total. The smallest absolute Gasteiger partial charge is 0.230 e. The molecule has 0 aliphatic heterocycles. The highest BCUT2D eigenvalue weighted by molar-refractivity contribution is 5.85. The Bertz CT molecular complexity index is 355. The molecule has 1 amide bonds. The molecule has 4 heteroatoms. The van der Waals surface area contributed by atoms with Crippen molar-refractivity contribution >= 4 is 5.91 Å². The van der Waals surface area contributed by atoms with Crippen molar-refractivity contribution in [2.75, 3.05) is 20.2 Å². The summed E-state index contributed by atoms with van der Waals surface area (Å²) < 4.78 is 0. The van der Waals surface area contributed by atoms with Gasteiger partial charge in [0, 0.05) is 31.9 Å². The maximum Gasteiger partial charge on any atom is 0.230 e. The number of aromatic nitrogens is 1. The minimum absolute atomic E-state index is 0.0152. The lowest BCUT2D eigenvalue weighted by atomic mass is 10.1. The molecule has 1 aromatic heterocycles. The van der Waals surface area contributed by atoms with Crippen molar-refractivity contribution in [1.29, 1.82) is 0 Å². The molecular formula is C12H18N2O2. The Kier molecular flexibility index (Phi) is 3.01. The van der Waals surface area contributed by atoms with Crippen molar-refractivity contribution in [3.05, 3.63) is 24.0 Å². The molecule has 0 bridgehead atoms. The van der Waals surface area contributed by atoms with Crippen LogP contribution in [0.2, 0.25) is 0 Å². The van der Waals surface area contributed by atoms with Gasteiger partial charge in [0.1, 0.15) is 0 Å². The molecule has 0 unspecified atom stereocenters. The number of hydrogen-bond acceptors (Lipinski definition) is 2. The second-order valence-corrected chi connectivity index (χ2v) is 4.61. The predicted octanol–water partition coefficient (Wildman–Crippen LogP) is 0.788. The Labute approximate surface area is 95.3 Å². The van der Waals surface area contributed by atoms with Gasteiger partial charge in [-0.15, -0.1) is 0 Å². The summed E-state index contributed by atoms with van der Waals surface area (Å²) in [5.41, 5.74) is 0.693. The van der Waals surface area contributed by atoms with Gasteiger partial charge in [0.05, 0.1) is 12.0 Å². The molecule has 0 radical (unpaired) electrons. The van der Waals surface area contributed by atoms with Crippen molar-refractivity contribution < 1.29 is 9.90 Å². The van der Waals surface area contributed by atoms with Gasteiger partial charge < -0.3 is 15.0 Å². The van der Waals surface area contributed by atoms with Crippen LogP contribution in [0.1, 0.15) is 18.5 Å². The van der Waals surface area contributed by atoms with Gasteiger partial charge in [0.2, 0.25) is 5.91 Å². The third-order valence-electron chi connectivity index (χ3n) is 3.34. The normalized spacial score (nSPS) is 17.1. The first-order chi connectivity index (χ1) is 7.68. The summed E-state index contributed by atoms with van der Waals surface area (Å²) in [5.74, 6) is 0.0848. The van der Waals surface area contributed by atoms with Crippen LogP contribution in [0.15, 0.2) is 18.3 Å². The van der Waals surface area contributed by atoms with E-state index in [2.05, 4.69) is 4.98 Å². The zero-order valence-corrected chi connectivity index (χ0v) is 9.57. The minimum Gasteiger partial charge on any atom is -0.395 e. The molecule has 0 saturated heterocycles. The van der Waals surface area contributed by atoms with Crippen LogP contribution in [0, 0.1) is 5.41 Å². The van der Waals surface area contributed by atoms with E-state index >= 15 is 0 Å². The van der Waals surface area contributed by atoms with E-state index in [0.29, 0.717) is 6.54 Å². The molecular weight excluding hydrogens is 204 g/mol. The number of rotatable bonds is 5. The number of aliphatic hydroxyl groups is 1. The third-order valence-corrected chi connectivity index (χ3v) is 3.34. The summed E-state index contributed by atoms with van der Waals surface area (Å²) in [6.07, 6.45) is 4.37. The van der Waals surface area contributed by atoms with Gasteiger partial charge in [-0.25, -0.2) is 0 Å². The van der Waals surface area contributed by atoms with Gasteiger partial charge in [-0.1, -0.05) is 0 Å². The number of likely N-dealkylation sites (N-methyl/N-ethyl adjacent to an activating group) is 1. The van der Waals surface area contributed by atoms with Gasteiger partial charge in [-0.3, -0.25) is 4.79 Å². The summed E-state index contributed by atoms with van der Waals surface area (Å²) >= 11 is 0. The minimum atomic E-state index is -0.440. The number of carbonyl (C=O) groups excluding carboxylic acids is 1. The zero-order chi connectivity index (χ0) is 11.6. The molecule has 88 valence electrons. The van der Waals surface area contributed by atoms with E-state index in [-0.39, 0.29) is 12.5 Å². The molecule has 1 fully saturated rings. The van der Waals surface area contributed by atoms with Crippen LogP contribution in [-0.4, -0.2) is 41.1 Å². The largest absolute Gasteiger partial charge is 0.395 e. The highest BCUT2D eigenvalue weighted by Crippen LogP contribution is 2.46. The van der Waals surface area contributed by atoms with Gasteiger partial charge in [-0.2, -0.15) is 0 Å². The molecule has 2 rings (SSSR count). The van der Waals surface area contributed by atoms with E-state index in [9.17, 15) is 9.90 Å². The number of amides is 1. The average molecular weight is 222 g/mol. The van der Waals surface area contributed by atoms with Crippen molar-refractivity contribution in [3.63, 3.8) is 0 Å². The molecule has 1 aromatic rings. The Hall–Kier alpha value is -1.29. The van der Waals surface area contributed by atoms with E-state index in [0.717, 1.165) is 25.0 Å². The van der Waals surface area contributed by atoms with E-state index < -0.39 is 5.41 Å². The molecule has 0 aromatic carbocycles. The molecule has 0 spiro atoms. The molecule has 0 atom stereocenters. The number of H-pyrrole nitrogens is 1. The molecule has 1 heterocycles. The number of hydrogen-bond donors (Lipinski definition) is 2. The highest BCUT2D eigenvalue weighted by Gasteiger charge is 2.50. The quantitative estimate of drug-likeness (QED) is 0.773. The SMILES string of the molecule is CN(CCc1ccc[nH]1)C(=O)C1(CO)CC1. The Balaban J connectivity index is 1.84. The first-order valence-electron chi connectivity index (χ1n) is 5.67. The Morgan fingerprint density at radius 3 is 2.88 bits per heavy atom. The van der Waals surface area contributed by atoms with Crippen LogP contribution < -0.4 is 0 Å². The van der Waals surface area contributed by atoms with E-state index in [1.54, 1.807) is 11.9 Å². The Morgan fingerprint density at radius 1 is 1.62 bits per heavy atom. The van der Waals surface area contributed by atoms with Gasteiger partial charge in [0.15, 0.2) is 0 Å². The number of nitrogens with zero attached hydrogens (tertiary/aromatic N) is 1. The van der Waals surface area contributed by atoms with Gasteiger partial charge in [0.25, 0.3) is 0 Å². The van der Waals surface area contributed by atoms with Gasteiger partial charge in [-0.05, 0) is 25.0 Å². The predicted molar refractivity (Wildman–Crippen MR) is 60.9 cm³/mol. The number of aliphatic hydroxyl groups excluding tert-OH is 1. The molecule has 1 aliphatic carbocycles. The fraction of sp³-hybridized carbons (Fsp3) is 0.583. The molecule has 1 saturated carbocycles. The first kappa shape index (κ1) is 11.2. The summed E-state index contributed by atoms with van der Waals surface area (Å²) in [6, 6.07) is 3.96. The van der Waals surface area contributed by atoms with Crippen molar-refractivity contribution in [2.24, 2.45) is 5.41 Å². The zero-order valence-electron chi connectivity index (χ0n) is 9.57. The van der Waals surface area contributed by atoms with Crippen LogP contribution in [-0.2, 0) is 11.2 Å². The topological polar surface area (TPSA) is 56.3 Å². The lowest BCUT2D eigenvalue weighted by Gasteiger charge is -2.21. The van der Waals surface area contributed by atoms with E-state index in [4.69, 9.17) is 0 Å². The fourth-order valence-electron chi connectivity index (χ4n) is 1.91. The van der Waals surface area contributed by atoms with Crippen molar-refractivity contribution in [1.82, 2.24) is 9.88 Å². The van der Waals surface area contributed by atoms with E-state index in [1.165, 1.54) is 0 Å². The summed E-state index contributed by atoms with van der Waals surface area (Å²) in [7, 11) is 1.81. The molecule has 4 nitrogen and oxygen atoms in total. The fourth-order valence-corrected chi connectivity index (χ4v) is 1.91. The van der Waals surface area contributed by atoms with Crippen LogP contribution >= 0.6 is 0 Å². The van der Waals surface area contributed by atoms with Gasteiger partial charge >= 0.3 is 0 Å². The van der Waals surface area contributed by atoms with Crippen LogP contribution in [0.25, 0.3) is 0 Å². The maximum atomic E-state index is 12.0. The average Bonchev–Trinajstić information content (AvgIpc) is 2.94. The first-order valence-corrected chi connectivity index (χ1v) is 5.67. The maximum absolute atomic E-state index is 12.0. The summed E-state index contributed by atoms with van der Waals surface area (Å²) in [4.78, 5) is 16.8. The lowest BCUT2D eigenvalue weighted by Crippen LogP contribution is -2.37. The molecule has 16 heavy (non-hydrogen) atoms. The highest BCUT2D eigenvalue weighted by atomic mass is 16.3. The van der Waals surface area contributed by atoms with Crippen LogP contribution in [0.5, 0.6) is 0 Å². The number of nitrogens with one attached hydrogen (secondary N) is 1. The van der Waals surface area contributed by atoms with Crippen molar-refractivity contribution in [3.8, 4) is 0 Å². The summed E-state index contributed by atoms with van der Waals surface area (Å²) in [5, 5.41) is 9.17. The monoisotopic (exact) mass is 222 g/mol. The molecule has 1 aliphatic rings. The third kappa shape index (κ3) is 2.11. The number of carbonyl (C=O) groups is 1. The second kappa shape index (κ2) is 4.29. The van der Waals surface area contributed by atoms with Crippen LogP contribution in [0.4, 0.5) is 0 Å². The number of aromatic amines is 1. The summed E-state index contributed by atoms with van der Waals surface area (Å²) in [6.45, 7) is 0.680. The van der Waals surface area contributed by atoms with Crippen LogP contribution in [0.3, 0.4) is 0 Å². The Morgan fingerprint density at radius 2 is 2.38 bits per heavy atom.